The third-order valence-corrected chi connectivity index (χ3v) is 2.31. The molecule has 0 spiro atoms. The van der Waals surface area contributed by atoms with E-state index >= 15 is 0 Å². The molecule has 0 rings (SSSR count). The van der Waals surface area contributed by atoms with Crippen molar-refractivity contribution in [1.29, 1.82) is 0 Å². The highest BCUT2D eigenvalue weighted by Crippen LogP contribution is 2.49. The molecule has 0 bridgehead atoms. The van der Waals surface area contributed by atoms with E-state index < -0.39 is 35.8 Å². The van der Waals surface area contributed by atoms with Crippen LogP contribution in [0, 0.1) is 0 Å². The number of alkyl halides is 10. The van der Waals surface area contributed by atoms with Gasteiger partial charge in [0.1, 0.15) is 6.61 Å². The normalized spacial score (nSPS) is 19.2. The molecular formula is C6H4Cl2F8O. The Bertz CT molecular complexity index is 253. The van der Waals surface area contributed by atoms with E-state index in [1.807, 2.05) is 0 Å². The maximum Gasteiger partial charge on any atom is 0.375 e. The van der Waals surface area contributed by atoms with Gasteiger partial charge in [-0.2, -0.15) is 17.6 Å². The fourth-order valence-electron chi connectivity index (χ4n) is 0.555. The van der Waals surface area contributed by atoms with E-state index in [4.69, 9.17) is 0 Å². The number of ether oxygens (including phenoxy) is 1. The predicted molar refractivity (Wildman–Crippen MR) is 42.3 cm³/mol. The third-order valence-electron chi connectivity index (χ3n) is 1.44. The van der Waals surface area contributed by atoms with Gasteiger partial charge in [-0.05, 0) is 11.6 Å². The van der Waals surface area contributed by atoms with E-state index in [2.05, 4.69) is 27.9 Å². The molecule has 1 nitrogen and oxygen atoms in total. The summed E-state index contributed by atoms with van der Waals surface area (Å²) in [6.07, 6.45) is -7.29. The summed E-state index contributed by atoms with van der Waals surface area (Å²) < 4.78 is 101. The maximum atomic E-state index is 12.8. The van der Waals surface area contributed by atoms with Crippen LogP contribution in [-0.4, -0.2) is 35.8 Å². The van der Waals surface area contributed by atoms with E-state index in [-0.39, 0.29) is 0 Å². The van der Waals surface area contributed by atoms with Crippen LogP contribution in [0.15, 0.2) is 0 Å². The number of hydrogen-bond donors (Lipinski definition) is 0. The molecule has 0 fully saturated rings. The molecule has 2 atom stereocenters. The summed E-state index contributed by atoms with van der Waals surface area (Å²) in [5.74, 6) is -5.18. The first-order valence-electron chi connectivity index (χ1n) is 3.69. The van der Waals surface area contributed by atoms with Crippen molar-refractivity contribution in [2.75, 3.05) is 6.61 Å². The molecule has 0 radical (unpaired) electrons. The molecule has 0 aliphatic carbocycles. The van der Waals surface area contributed by atoms with Gasteiger partial charge >= 0.3 is 16.4 Å². The average Bonchev–Trinajstić information content (AvgIpc) is 2.11. The Morgan fingerprint density at radius 1 is 0.941 bits per heavy atom. The van der Waals surface area contributed by atoms with Gasteiger partial charge in [-0.1, -0.05) is 11.6 Å². The van der Waals surface area contributed by atoms with Crippen LogP contribution in [0.4, 0.5) is 35.1 Å². The molecule has 0 amide bonds. The van der Waals surface area contributed by atoms with Crippen LogP contribution >= 0.6 is 23.2 Å². The second-order valence-electron chi connectivity index (χ2n) is 2.77. The summed E-state index contributed by atoms with van der Waals surface area (Å²) in [6.45, 7) is -2.43. The van der Waals surface area contributed by atoms with Crippen LogP contribution in [0.5, 0.6) is 0 Å². The number of rotatable bonds is 6. The van der Waals surface area contributed by atoms with Gasteiger partial charge in [-0.15, -0.1) is 0 Å². The first-order chi connectivity index (χ1) is 7.33. The lowest BCUT2D eigenvalue weighted by atomic mass is 10.2. The summed E-state index contributed by atoms with van der Waals surface area (Å²) in [4.78, 5) is 0. The first-order valence-corrected chi connectivity index (χ1v) is 4.44. The van der Waals surface area contributed by atoms with E-state index in [0.29, 0.717) is 0 Å². The van der Waals surface area contributed by atoms with Crippen LogP contribution in [0.25, 0.3) is 0 Å². The van der Waals surface area contributed by atoms with Crippen LogP contribution < -0.4 is 0 Å². The van der Waals surface area contributed by atoms with Crippen LogP contribution in [0.1, 0.15) is 0 Å². The molecule has 0 saturated heterocycles. The molecule has 0 aliphatic rings. The second-order valence-corrected chi connectivity index (χ2v) is 3.77. The average molecular weight is 315 g/mol. The van der Waals surface area contributed by atoms with Crippen molar-refractivity contribution < 1.29 is 39.9 Å². The Morgan fingerprint density at radius 2 is 1.35 bits per heavy atom. The highest BCUT2D eigenvalue weighted by Gasteiger charge is 2.69. The quantitative estimate of drug-likeness (QED) is 0.533. The minimum atomic E-state index is -5.21. The largest absolute Gasteiger partial charge is 0.375 e. The molecule has 0 aromatic carbocycles. The summed E-state index contributed by atoms with van der Waals surface area (Å²) in [6, 6.07) is 0. The first kappa shape index (κ1) is 17.0. The van der Waals surface area contributed by atoms with Crippen molar-refractivity contribution in [3.05, 3.63) is 0 Å². The summed E-state index contributed by atoms with van der Waals surface area (Å²) in [7, 11) is 0. The fraction of sp³-hybridized carbons (Fsp3) is 1.00. The zero-order valence-corrected chi connectivity index (χ0v) is 9.06. The van der Waals surface area contributed by atoms with Crippen molar-refractivity contribution >= 4 is 23.2 Å². The predicted octanol–water partition coefficient (Wildman–Crippen LogP) is 3.94. The van der Waals surface area contributed by atoms with Crippen LogP contribution in [0.2, 0.25) is 0 Å². The molecule has 0 aliphatic heterocycles. The molecule has 11 heteroatoms. The highest BCUT2D eigenvalue weighted by molar-refractivity contribution is 6.33. The van der Waals surface area contributed by atoms with Gasteiger partial charge in [0.15, 0.2) is 0 Å². The Balaban J connectivity index is 4.69. The lowest BCUT2D eigenvalue weighted by molar-refractivity contribution is -0.228. The Hall–Kier alpha value is -0.0200. The van der Waals surface area contributed by atoms with Gasteiger partial charge in [0.2, 0.25) is 0 Å². The van der Waals surface area contributed by atoms with Gasteiger partial charge in [0.25, 0.3) is 12.8 Å². The summed E-state index contributed by atoms with van der Waals surface area (Å²) in [5, 5.41) is -10.3. The smallest absolute Gasteiger partial charge is 0.337 e. The Kier molecular flexibility index (Phi) is 5.31. The third kappa shape index (κ3) is 3.99. The van der Waals surface area contributed by atoms with Gasteiger partial charge in [-0.25, -0.2) is 17.6 Å². The van der Waals surface area contributed by atoms with E-state index in [0.717, 1.165) is 0 Å². The van der Waals surface area contributed by atoms with Gasteiger partial charge in [0.05, 0.1) is 0 Å². The van der Waals surface area contributed by atoms with E-state index in [1.165, 1.54) is 0 Å². The molecule has 0 aromatic rings. The SMILES string of the molecule is FC(F)C(F)OCC(F)(F)C(F)(Cl)C(F)(F)Cl. The Labute approximate surface area is 99.6 Å². The number of hydrogen-bond acceptors (Lipinski definition) is 1. The maximum absolute atomic E-state index is 12.8. The molecule has 0 saturated carbocycles. The van der Waals surface area contributed by atoms with Crippen molar-refractivity contribution in [1.82, 2.24) is 0 Å². The molecule has 17 heavy (non-hydrogen) atoms. The van der Waals surface area contributed by atoms with Crippen LogP contribution in [-0.2, 0) is 4.74 Å². The molecule has 0 N–H and O–H groups in total. The number of halogens is 10. The molecular weight excluding hydrogens is 311 g/mol. The van der Waals surface area contributed by atoms with Gasteiger partial charge in [0, 0.05) is 0 Å². The summed E-state index contributed by atoms with van der Waals surface area (Å²) >= 11 is 8.15. The van der Waals surface area contributed by atoms with Gasteiger partial charge < -0.3 is 4.74 Å². The zero-order valence-electron chi connectivity index (χ0n) is 7.55. The monoisotopic (exact) mass is 314 g/mol. The van der Waals surface area contributed by atoms with Crippen molar-refractivity contribution in [2.45, 2.75) is 29.2 Å². The minimum Gasteiger partial charge on any atom is -0.337 e. The lowest BCUT2D eigenvalue weighted by Crippen LogP contribution is -2.53. The lowest BCUT2D eigenvalue weighted by Gasteiger charge is -2.30. The fourth-order valence-corrected chi connectivity index (χ4v) is 0.748. The topological polar surface area (TPSA) is 9.23 Å². The van der Waals surface area contributed by atoms with Crippen molar-refractivity contribution in [3.8, 4) is 0 Å². The zero-order chi connectivity index (χ0) is 14.1. The van der Waals surface area contributed by atoms with E-state index in [1.54, 1.807) is 0 Å². The van der Waals surface area contributed by atoms with E-state index in [9.17, 15) is 35.1 Å². The van der Waals surface area contributed by atoms with Crippen molar-refractivity contribution in [2.24, 2.45) is 0 Å². The highest BCUT2D eigenvalue weighted by atomic mass is 35.5. The molecule has 2 unspecified atom stereocenters. The van der Waals surface area contributed by atoms with Crippen LogP contribution in [0.3, 0.4) is 0 Å². The van der Waals surface area contributed by atoms with Crippen molar-refractivity contribution in [3.63, 3.8) is 0 Å². The van der Waals surface area contributed by atoms with Gasteiger partial charge in [-0.3, -0.25) is 0 Å². The minimum absolute atomic E-state index is 2.43. The standard InChI is InChI=1S/C6H4Cl2F8O/c7-5(14,6(8,15)16)4(12,13)1-17-3(11)2(9)10/h2-3H,1H2. The summed E-state index contributed by atoms with van der Waals surface area (Å²) in [5.41, 5.74) is 0. The molecule has 0 heterocycles. The Morgan fingerprint density at radius 3 is 1.65 bits per heavy atom. The molecule has 0 aromatic heterocycles. The molecule has 104 valence electrons. The second kappa shape index (κ2) is 5.31.